The molecule has 3 N–H and O–H groups in total. The maximum absolute atomic E-state index is 12.2. The van der Waals surface area contributed by atoms with Crippen molar-refractivity contribution in [2.45, 2.75) is 17.9 Å². The quantitative estimate of drug-likeness (QED) is 0.425. The van der Waals surface area contributed by atoms with Crippen LogP contribution in [0.2, 0.25) is 5.02 Å². The molecule has 0 saturated carbocycles. The van der Waals surface area contributed by atoms with Gasteiger partial charge in [0.2, 0.25) is 10.0 Å². The number of amides is 1. The number of primary sulfonamides is 1. The summed E-state index contributed by atoms with van der Waals surface area (Å²) in [6, 6.07) is 12.9. The summed E-state index contributed by atoms with van der Waals surface area (Å²) in [7, 11) is -3.82. The number of ether oxygens (including phenoxy) is 1. The van der Waals surface area contributed by atoms with Crippen LogP contribution in [0, 0.1) is 0 Å². The van der Waals surface area contributed by atoms with Crippen molar-refractivity contribution in [1.82, 2.24) is 0 Å². The number of halogens is 1. The Labute approximate surface area is 182 Å². The number of hydrogen-bond donors (Lipinski definition) is 2. The normalized spacial score (nSPS) is 12.8. The average molecular weight is 465 g/mol. The van der Waals surface area contributed by atoms with Gasteiger partial charge < -0.3 is 10.1 Å². The Hall–Kier alpha value is -2.72. The first kappa shape index (κ1) is 22.0. The van der Waals surface area contributed by atoms with E-state index in [1.165, 1.54) is 48.6 Å². The van der Waals surface area contributed by atoms with Gasteiger partial charge in [0.25, 0.3) is 5.91 Å². The molecule has 1 atom stereocenters. The highest BCUT2D eigenvalue weighted by molar-refractivity contribution is 7.89. The van der Waals surface area contributed by atoms with Gasteiger partial charge in [-0.05, 0) is 43.3 Å². The minimum Gasteiger partial charge on any atom is -0.449 e. The van der Waals surface area contributed by atoms with Crippen LogP contribution in [-0.2, 0) is 24.3 Å². The third-order valence-corrected chi connectivity index (χ3v) is 6.63. The van der Waals surface area contributed by atoms with E-state index in [1.807, 2.05) is 24.3 Å². The van der Waals surface area contributed by atoms with Gasteiger partial charge in [0, 0.05) is 26.7 Å². The SMILES string of the molecule is CC(OC(=O)/C=C/c1sc2ccccc2c1Cl)C(=O)Nc1ccc(S(N)(=O)=O)cc1. The van der Waals surface area contributed by atoms with Crippen molar-refractivity contribution < 1.29 is 22.7 Å². The molecule has 1 aromatic heterocycles. The third-order valence-electron chi connectivity index (χ3n) is 4.04. The second-order valence-corrected chi connectivity index (χ2v) is 9.27. The van der Waals surface area contributed by atoms with E-state index < -0.39 is 28.0 Å². The number of carbonyl (C=O) groups excluding carboxylic acids is 2. The number of benzene rings is 2. The average Bonchev–Trinajstić information content (AvgIpc) is 3.02. The zero-order chi connectivity index (χ0) is 21.9. The first-order valence-corrected chi connectivity index (χ1v) is 11.4. The second-order valence-electron chi connectivity index (χ2n) is 6.25. The molecule has 10 heteroatoms. The van der Waals surface area contributed by atoms with Gasteiger partial charge in [0.1, 0.15) is 0 Å². The molecule has 0 spiro atoms. The van der Waals surface area contributed by atoms with Crippen LogP contribution in [0.15, 0.2) is 59.5 Å². The number of sulfonamides is 1. The lowest BCUT2D eigenvalue weighted by molar-refractivity contribution is -0.148. The summed E-state index contributed by atoms with van der Waals surface area (Å²) in [4.78, 5) is 24.9. The van der Waals surface area contributed by atoms with E-state index in [1.54, 1.807) is 6.08 Å². The maximum Gasteiger partial charge on any atom is 0.331 e. The van der Waals surface area contributed by atoms with Crippen molar-refractivity contribution in [3.8, 4) is 0 Å². The predicted octanol–water partition coefficient (Wildman–Crippen LogP) is 3.79. The smallest absolute Gasteiger partial charge is 0.331 e. The van der Waals surface area contributed by atoms with Crippen LogP contribution in [0.1, 0.15) is 11.8 Å². The third kappa shape index (κ3) is 5.25. The van der Waals surface area contributed by atoms with Crippen molar-refractivity contribution in [2.75, 3.05) is 5.32 Å². The molecule has 1 unspecified atom stereocenters. The minimum atomic E-state index is -3.82. The molecule has 0 aliphatic heterocycles. The van der Waals surface area contributed by atoms with Crippen molar-refractivity contribution in [3.63, 3.8) is 0 Å². The molecule has 156 valence electrons. The summed E-state index contributed by atoms with van der Waals surface area (Å²) in [6.45, 7) is 1.42. The lowest BCUT2D eigenvalue weighted by Crippen LogP contribution is -2.29. The standard InChI is InChI=1S/C20H17ClN2O5S2/c1-12(20(25)23-13-6-8-14(9-7-13)30(22,26)27)28-18(24)11-10-17-19(21)15-4-2-3-5-16(15)29-17/h2-12H,1H3,(H,23,25)(H2,22,26,27)/b11-10+. The van der Waals surface area contributed by atoms with Gasteiger partial charge in [-0.2, -0.15) is 0 Å². The molecular weight excluding hydrogens is 448 g/mol. The summed E-state index contributed by atoms with van der Waals surface area (Å²) < 4.78 is 28.6. The molecule has 30 heavy (non-hydrogen) atoms. The Morgan fingerprint density at radius 1 is 1.17 bits per heavy atom. The van der Waals surface area contributed by atoms with E-state index in [2.05, 4.69) is 5.32 Å². The fourth-order valence-corrected chi connectivity index (χ4v) is 4.44. The summed E-state index contributed by atoms with van der Waals surface area (Å²) in [5, 5.41) is 9.01. The highest BCUT2D eigenvalue weighted by Gasteiger charge is 2.17. The van der Waals surface area contributed by atoms with Crippen molar-refractivity contribution in [3.05, 3.63) is 64.5 Å². The van der Waals surface area contributed by atoms with Crippen LogP contribution >= 0.6 is 22.9 Å². The fraction of sp³-hybridized carbons (Fsp3) is 0.100. The highest BCUT2D eigenvalue weighted by atomic mass is 35.5. The molecule has 7 nitrogen and oxygen atoms in total. The largest absolute Gasteiger partial charge is 0.449 e. The number of nitrogens with two attached hydrogens (primary N) is 1. The van der Waals surface area contributed by atoms with Crippen molar-refractivity contribution >= 4 is 66.7 Å². The van der Waals surface area contributed by atoms with Gasteiger partial charge in [-0.3, -0.25) is 4.79 Å². The molecule has 2 aromatic carbocycles. The second kappa shape index (κ2) is 8.97. The van der Waals surface area contributed by atoms with E-state index in [9.17, 15) is 18.0 Å². The maximum atomic E-state index is 12.2. The zero-order valence-electron chi connectivity index (χ0n) is 15.7. The topological polar surface area (TPSA) is 116 Å². The lowest BCUT2D eigenvalue weighted by atomic mass is 10.2. The molecule has 1 heterocycles. The van der Waals surface area contributed by atoms with E-state index in [0.29, 0.717) is 15.6 Å². The Morgan fingerprint density at radius 3 is 2.47 bits per heavy atom. The van der Waals surface area contributed by atoms with Gasteiger partial charge in [0.05, 0.1) is 9.92 Å². The monoisotopic (exact) mass is 464 g/mol. The Morgan fingerprint density at radius 2 is 1.83 bits per heavy atom. The molecule has 0 fully saturated rings. The van der Waals surface area contributed by atoms with Gasteiger partial charge >= 0.3 is 5.97 Å². The van der Waals surface area contributed by atoms with Gasteiger partial charge in [0.15, 0.2) is 6.10 Å². The summed E-state index contributed by atoms with van der Waals surface area (Å²) in [6.07, 6.45) is 1.69. The van der Waals surface area contributed by atoms with Crippen LogP contribution in [0.25, 0.3) is 16.2 Å². The zero-order valence-corrected chi connectivity index (χ0v) is 18.1. The minimum absolute atomic E-state index is 0.0787. The number of fused-ring (bicyclic) bond motifs is 1. The number of thiophene rings is 1. The van der Waals surface area contributed by atoms with E-state index in [0.717, 1.165) is 10.1 Å². The van der Waals surface area contributed by atoms with Gasteiger partial charge in [-0.15, -0.1) is 11.3 Å². The molecule has 0 radical (unpaired) electrons. The summed E-state index contributed by atoms with van der Waals surface area (Å²) >= 11 is 7.76. The summed E-state index contributed by atoms with van der Waals surface area (Å²) in [5.74, 6) is -1.27. The highest BCUT2D eigenvalue weighted by Crippen LogP contribution is 2.35. The Bertz CT molecular complexity index is 1230. The van der Waals surface area contributed by atoms with Gasteiger partial charge in [-0.25, -0.2) is 18.4 Å². The molecule has 0 aliphatic carbocycles. The van der Waals surface area contributed by atoms with Crippen LogP contribution in [0.3, 0.4) is 0 Å². The Balaban J connectivity index is 1.59. The number of rotatable bonds is 6. The van der Waals surface area contributed by atoms with Crippen molar-refractivity contribution in [1.29, 1.82) is 0 Å². The lowest BCUT2D eigenvalue weighted by Gasteiger charge is -2.12. The van der Waals surface area contributed by atoms with E-state index in [4.69, 9.17) is 21.5 Å². The van der Waals surface area contributed by atoms with Crippen LogP contribution < -0.4 is 10.5 Å². The molecule has 1 amide bonds. The molecule has 0 bridgehead atoms. The number of hydrogen-bond acceptors (Lipinski definition) is 6. The van der Waals surface area contributed by atoms with Crippen LogP contribution in [-0.4, -0.2) is 26.4 Å². The summed E-state index contributed by atoms with van der Waals surface area (Å²) in [5.41, 5.74) is 0.336. The number of esters is 1. The van der Waals surface area contributed by atoms with Crippen LogP contribution in [0.4, 0.5) is 5.69 Å². The Kier molecular flexibility index (Phi) is 6.57. The molecule has 0 aliphatic rings. The van der Waals surface area contributed by atoms with Crippen molar-refractivity contribution in [2.24, 2.45) is 5.14 Å². The van der Waals surface area contributed by atoms with Gasteiger partial charge in [-0.1, -0.05) is 29.8 Å². The van der Waals surface area contributed by atoms with E-state index in [-0.39, 0.29) is 4.90 Å². The number of nitrogens with one attached hydrogen (secondary N) is 1. The molecular formula is C20H17ClN2O5S2. The van der Waals surface area contributed by atoms with Crippen LogP contribution in [0.5, 0.6) is 0 Å². The fourth-order valence-electron chi connectivity index (χ4n) is 2.52. The molecule has 3 rings (SSSR count). The first-order chi connectivity index (χ1) is 14.1. The van der Waals surface area contributed by atoms with E-state index >= 15 is 0 Å². The molecule has 3 aromatic rings. The predicted molar refractivity (Wildman–Crippen MR) is 118 cm³/mol. The number of carbonyl (C=O) groups is 2. The first-order valence-electron chi connectivity index (χ1n) is 8.64. The number of anilines is 1. The molecule has 0 saturated heterocycles.